The van der Waals surface area contributed by atoms with E-state index in [0.717, 1.165) is 25.4 Å². The molecule has 0 heterocycles. The van der Waals surface area contributed by atoms with Gasteiger partial charge in [0.2, 0.25) is 16.8 Å². The smallest absolute Gasteiger partial charge is 0.277 e. The second kappa shape index (κ2) is 9.56. The van der Waals surface area contributed by atoms with Crippen LogP contribution in [0, 0.1) is 6.57 Å². The fourth-order valence-electron chi connectivity index (χ4n) is 2.47. The number of carbonyl (C=O) groups is 2. The Morgan fingerprint density at radius 2 is 1.84 bits per heavy atom. The van der Waals surface area contributed by atoms with Crippen molar-refractivity contribution in [1.29, 1.82) is 0 Å². The minimum Gasteiger partial charge on any atom is -0.412 e. The van der Waals surface area contributed by atoms with E-state index in [0.29, 0.717) is 5.06 Å². The number of hydroxylamine groups is 2. The van der Waals surface area contributed by atoms with Crippen LogP contribution in [0.2, 0.25) is 0 Å². The first-order valence-electron chi connectivity index (χ1n) is 8.35. The maximum Gasteiger partial charge on any atom is 0.277 e. The summed E-state index contributed by atoms with van der Waals surface area (Å²) >= 11 is -1.80. The van der Waals surface area contributed by atoms with E-state index in [1.807, 2.05) is 0 Å². The molecule has 2 rings (SSSR count). The zero-order valence-corrected chi connectivity index (χ0v) is 18.2. The Labute approximate surface area is 181 Å². The van der Waals surface area contributed by atoms with Crippen molar-refractivity contribution in [3.8, 4) is 5.75 Å². The van der Waals surface area contributed by atoms with E-state index in [9.17, 15) is 27.4 Å². The van der Waals surface area contributed by atoms with Crippen molar-refractivity contribution in [2.75, 3.05) is 25.0 Å². The molecule has 0 saturated heterocycles. The molecule has 0 radical (unpaired) electrons. The third-order valence-corrected chi connectivity index (χ3v) is 5.35. The summed E-state index contributed by atoms with van der Waals surface area (Å²) in [6.07, 6.45) is 2.12. The zero-order chi connectivity index (χ0) is 23.3. The number of hydrogen-bond donors (Lipinski definition) is 3. The third kappa shape index (κ3) is 5.79. The summed E-state index contributed by atoms with van der Waals surface area (Å²) in [6, 6.07) is 7.81. The number of carbonyl (C=O) groups excluding carboxylic acids is 2. The van der Waals surface area contributed by atoms with Gasteiger partial charge in [0, 0.05) is 19.6 Å². The van der Waals surface area contributed by atoms with Crippen molar-refractivity contribution in [3.05, 3.63) is 58.9 Å². The molecule has 164 valence electrons. The minimum absolute atomic E-state index is 0.0893. The van der Waals surface area contributed by atoms with Gasteiger partial charge >= 0.3 is 0 Å². The molecule has 1 atom stereocenters. The van der Waals surface area contributed by atoms with E-state index in [2.05, 4.69) is 15.7 Å². The maximum atomic E-state index is 12.6. The number of rotatable bonds is 7. The molecule has 0 aliphatic carbocycles. The van der Waals surface area contributed by atoms with Crippen LogP contribution in [-0.4, -0.2) is 54.3 Å². The molecule has 2 amide bonds. The lowest BCUT2D eigenvalue weighted by atomic mass is 10.1. The summed E-state index contributed by atoms with van der Waals surface area (Å²) in [5.74, 6) is -1.83. The van der Waals surface area contributed by atoms with Gasteiger partial charge in [-0.25, -0.2) is 22.5 Å². The molecule has 1 unspecified atom stereocenters. The van der Waals surface area contributed by atoms with E-state index in [-0.39, 0.29) is 33.1 Å². The standard InChI is InChI=1S/C18H18N4O7S2/c1-19-13-9-14(16(31(4,27)28)10-15(13)29-30(3)26)20-21-17(23)11-7-5-6-8-12(11)18(24)22(2)25/h5-10,20,25H,2-4H3,(H,21,23). The number of nitrogens with zero attached hydrogens (tertiary/aromatic N) is 2. The Hall–Kier alpha value is -3.47. The summed E-state index contributed by atoms with van der Waals surface area (Å²) in [4.78, 5) is 27.6. The third-order valence-electron chi connectivity index (χ3n) is 3.79. The zero-order valence-electron chi connectivity index (χ0n) is 16.6. The molecule has 13 heteroatoms. The van der Waals surface area contributed by atoms with E-state index in [4.69, 9.17) is 10.8 Å². The molecule has 2 aromatic rings. The van der Waals surface area contributed by atoms with Crippen molar-refractivity contribution in [1.82, 2.24) is 10.5 Å². The molecule has 0 spiro atoms. The first-order chi connectivity index (χ1) is 14.5. The molecule has 0 aliphatic heterocycles. The Kier molecular flexibility index (Phi) is 7.34. The monoisotopic (exact) mass is 466 g/mol. The van der Waals surface area contributed by atoms with Crippen LogP contribution >= 0.6 is 0 Å². The molecule has 31 heavy (non-hydrogen) atoms. The lowest BCUT2D eigenvalue weighted by molar-refractivity contribution is -0.0375. The molecular formula is C18H18N4O7S2. The molecule has 11 nitrogen and oxygen atoms in total. The molecule has 0 aliphatic rings. The van der Waals surface area contributed by atoms with Crippen molar-refractivity contribution >= 4 is 44.1 Å². The molecule has 3 N–H and O–H groups in total. The van der Waals surface area contributed by atoms with E-state index < -0.39 is 32.7 Å². The van der Waals surface area contributed by atoms with Gasteiger partial charge in [-0.05, 0) is 24.3 Å². The number of nitrogens with one attached hydrogen (secondary N) is 2. The summed E-state index contributed by atoms with van der Waals surface area (Å²) in [7, 11) is -2.75. The highest BCUT2D eigenvalue weighted by atomic mass is 32.2. The molecular weight excluding hydrogens is 448 g/mol. The van der Waals surface area contributed by atoms with Crippen LogP contribution < -0.4 is 15.0 Å². The number of hydrogen-bond acceptors (Lipinski definition) is 8. The lowest BCUT2D eigenvalue weighted by Crippen LogP contribution is -2.33. The Bertz CT molecular complexity index is 1200. The van der Waals surface area contributed by atoms with E-state index >= 15 is 0 Å². The van der Waals surface area contributed by atoms with Gasteiger partial charge in [-0.2, -0.15) is 0 Å². The van der Waals surface area contributed by atoms with Crippen LogP contribution in [0.5, 0.6) is 5.75 Å². The van der Waals surface area contributed by atoms with Gasteiger partial charge in [0.1, 0.15) is 5.75 Å². The highest BCUT2D eigenvalue weighted by Crippen LogP contribution is 2.36. The van der Waals surface area contributed by atoms with Crippen LogP contribution in [-0.2, 0) is 20.9 Å². The Morgan fingerprint density at radius 1 is 1.23 bits per heavy atom. The van der Waals surface area contributed by atoms with Gasteiger partial charge in [-0.1, -0.05) is 12.1 Å². The summed E-state index contributed by atoms with van der Waals surface area (Å²) in [5.41, 5.74) is 4.23. The fraction of sp³-hybridized carbons (Fsp3) is 0.167. The molecule has 0 fully saturated rings. The number of benzene rings is 2. The van der Waals surface area contributed by atoms with Gasteiger partial charge in [-0.3, -0.25) is 25.6 Å². The maximum absolute atomic E-state index is 12.6. The summed E-state index contributed by atoms with van der Waals surface area (Å²) in [6.45, 7) is 7.23. The number of hydrazine groups is 1. The van der Waals surface area contributed by atoms with Gasteiger partial charge in [-0.15, -0.1) is 0 Å². The predicted molar refractivity (Wildman–Crippen MR) is 112 cm³/mol. The van der Waals surface area contributed by atoms with E-state index in [1.165, 1.54) is 30.5 Å². The van der Waals surface area contributed by atoms with Crippen LogP contribution in [0.25, 0.3) is 4.85 Å². The van der Waals surface area contributed by atoms with Crippen molar-refractivity contribution in [2.24, 2.45) is 0 Å². The second-order valence-corrected chi connectivity index (χ2v) is 9.09. The van der Waals surface area contributed by atoms with Crippen molar-refractivity contribution in [2.45, 2.75) is 4.90 Å². The van der Waals surface area contributed by atoms with Gasteiger partial charge in [0.05, 0.1) is 28.3 Å². The molecule has 0 aromatic heterocycles. The van der Waals surface area contributed by atoms with Crippen molar-refractivity contribution in [3.63, 3.8) is 0 Å². The molecule has 0 saturated carbocycles. The lowest BCUT2D eigenvalue weighted by Gasteiger charge is -2.16. The number of sulfone groups is 1. The highest BCUT2D eigenvalue weighted by Gasteiger charge is 2.22. The largest absolute Gasteiger partial charge is 0.412 e. The number of amides is 2. The normalized spacial score (nSPS) is 11.7. The van der Waals surface area contributed by atoms with Crippen LogP contribution in [0.3, 0.4) is 0 Å². The van der Waals surface area contributed by atoms with Gasteiger partial charge in [0.25, 0.3) is 11.8 Å². The summed E-state index contributed by atoms with van der Waals surface area (Å²) in [5, 5.41) is 9.69. The predicted octanol–water partition coefficient (Wildman–Crippen LogP) is 1.53. The van der Waals surface area contributed by atoms with Crippen LogP contribution in [0.1, 0.15) is 20.7 Å². The average molecular weight is 466 g/mol. The SMILES string of the molecule is [C-]#[N+]c1cc(NNC(=O)c2ccccc2C(=O)N(C)O)c(S(C)(=O)=O)cc1OS(C)=O. The average Bonchev–Trinajstić information content (AvgIpc) is 2.70. The Morgan fingerprint density at radius 3 is 2.35 bits per heavy atom. The van der Waals surface area contributed by atoms with Crippen LogP contribution in [0.4, 0.5) is 11.4 Å². The highest BCUT2D eigenvalue weighted by molar-refractivity contribution is 7.90. The fourth-order valence-corrected chi connectivity index (χ4v) is 3.69. The Balaban J connectivity index is 2.42. The number of anilines is 1. The first-order valence-corrected chi connectivity index (χ1v) is 11.7. The second-order valence-electron chi connectivity index (χ2n) is 6.14. The quantitative estimate of drug-likeness (QED) is 0.316. The van der Waals surface area contributed by atoms with Crippen molar-refractivity contribution < 1.29 is 31.6 Å². The van der Waals surface area contributed by atoms with Gasteiger partial charge < -0.3 is 4.18 Å². The van der Waals surface area contributed by atoms with Crippen LogP contribution in [0.15, 0.2) is 41.3 Å². The molecule has 2 aromatic carbocycles. The topological polar surface area (TPSA) is 146 Å². The summed E-state index contributed by atoms with van der Waals surface area (Å²) < 4.78 is 40.7. The van der Waals surface area contributed by atoms with Gasteiger partial charge in [0.15, 0.2) is 9.84 Å². The first kappa shape index (κ1) is 23.8. The molecule has 0 bridgehead atoms. The minimum atomic E-state index is -3.85. The van der Waals surface area contributed by atoms with E-state index in [1.54, 1.807) is 0 Å².